The van der Waals surface area contributed by atoms with Gasteiger partial charge in [-0.3, -0.25) is 15.1 Å². The number of nitrogens with zero attached hydrogens (tertiary/aromatic N) is 1. The third kappa shape index (κ3) is 4.81. The van der Waals surface area contributed by atoms with Gasteiger partial charge in [-0.25, -0.2) is 0 Å². The lowest BCUT2D eigenvalue weighted by molar-refractivity contribution is -0.149. The predicted molar refractivity (Wildman–Crippen MR) is 111 cm³/mol. The average molecular weight is 402 g/mol. The number of nitrogens with one attached hydrogen (secondary N) is 1. The van der Waals surface area contributed by atoms with Crippen LogP contribution in [0.3, 0.4) is 0 Å². The Hall–Kier alpha value is -3.74. The molecule has 0 aliphatic heterocycles. The van der Waals surface area contributed by atoms with Crippen molar-refractivity contribution < 1.29 is 19.1 Å². The number of para-hydroxylation sites is 1. The normalized spacial score (nSPS) is 18.5. The molecule has 1 aliphatic rings. The van der Waals surface area contributed by atoms with Crippen molar-refractivity contribution in [2.75, 3.05) is 6.61 Å². The van der Waals surface area contributed by atoms with E-state index in [1.54, 1.807) is 30.5 Å². The summed E-state index contributed by atoms with van der Waals surface area (Å²) < 4.78 is 11.3. The number of carbonyl (C=O) groups excluding carboxylic acids is 1. The highest BCUT2D eigenvalue weighted by Crippen LogP contribution is 2.58. The molecular formula is C24H22N2O4. The summed E-state index contributed by atoms with van der Waals surface area (Å²) in [5, 5.41) is 9.57. The molecule has 152 valence electrons. The Labute approximate surface area is 176 Å². The molecular weight excluding hydrogens is 380 g/mol. The summed E-state index contributed by atoms with van der Waals surface area (Å²) in [6.07, 6.45) is 5.69. The van der Waals surface area contributed by atoms with Crippen LogP contribution in [0.15, 0.2) is 66.4 Å². The number of hydrogen-bond acceptors (Lipinski definition) is 6. The number of hydrogen-bond donors (Lipinski definition) is 1. The van der Waals surface area contributed by atoms with E-state index in [4.69, 9.17) is 20.7 Å². The van der Waals surface area contributed by atoms with Crippen molar-refractivity contribution in [3.8, 4) is 29.9 Å². The zero-order valence-corrected chi connectivity index (χ0v) is 16.8. The van der Waals surface area contributed by atoms with Gasteiger partial charge in [0, 0.05) is 17.2 Å². The fourth-order valence-electron chi connectivity index (χ4n) is 3.18. The zero-order valence-electron chi connectivity index (χ0n) is 16.8. The smallest absolute Gasteiger partial charge is 0.315 e. The number of benzene rings is 2. The second kappa shape index (κ2) is 9.17. The largest absolute Gasteiger partial charge is 0.457 e. The first-order chi connectivity index (χ1) is 14.5. The monoisotopic (exact) mass is 402 g/mol. The highest BCUT2D eigenvalue weighted by molar-refractivity contribution is 5.84. The summed E-state index contributed by atoms with van der Waals surface area (Å²) in [6.45, 7) is 3.95. The summed E-state index contributed by atoms with van der Waals surface area (Å²) >= 11 is 0. The molecule has 3 rings (SSSR count). The topological polar surface area (TPSA) is 80.6 Å². The number of ether oxygens (including phenoxy) is 2. The minimum absolute atomic E-state index is 0.108. The van der Waals surface area contributed by atoms with Crippen LogP contribution in [0.4, 0.5) is 0 Å². The Bertz CT molecular complexity index is 1020. The summed E-state index contributed by atoms with van der Waals surface area (Å²) in [6, 6.07) is 18.3. The van der Waals surface area contributed by atoms with E-state index in [0.717, 1.165) is 5.57 Å². The van der Waals surface area contributed by atoms with Crippen LogP contribution in [-0.2, 0) is 14.4 Å². The van der Waals surface area contributed by atoms with E-state index in [2.05, 4.69) is 11.4 Å². The van der Waals surface area contributed by atoms with Crippen LogP contribution in [-0.4, -0.2) is 12.6 Å². The molecule has 2 aromatic rings. The Morgan fingerprint density at radius 1 is 1.23 bits per heavy atom. The van der Waals surface area contributed by atoms with Gasteiger partial charge in [0.15, 0.2) is 0 Å². The lowest BCUT2D eigenvalue weighted by atomic mass is 10.1. The van der Waals surface area contributed by atoms with Crippen LogP contribution in [0.25, 0.3) is 0 Å². The molecule has 1 fully saturated rings. The maximum atomic E-state index is 12.7. The lowest BCUT2D eigenvalue weighted by Gasteiger charge is -2.13. The standard InChI is InChI=1S/C24H22N2O4/c1-4-13-28-26-16-20-22(24(20,2)3)23(27)30-21(15-25)17-9-8-12-19(14-17)29-18-10-6-5-7-11-18/h1,5-12,14,16,21-22,26H,13H2,2-3H3/t21?,22-/m0/s1. The Kier molecular flexibility index (Phi) is 6.41. The van der Waals surface area contributed by atoms with E-state index in [1.807, 2.05) is 50.2 Å². The molecule has 1 aliphatic carbocycles. The second-order valence-electron chi connectivity index (χ2n) is 7.30. The zero-order chi connectivity index (χ0) is 21.6. The van der Waals surface area contributed by atoms with Crippen LogP contribution in [0, 0.1) is 35.0 Å². The number of hydroxylamine groups is 1. The minimum atomic E-state index is -1.04. The fraction of sp³-hybridized carbons (Fsp3) is 0.250. The van der Waals surface area contributed by atoms with Crippen molar-refractivity contribution in [1.29, 1.82) is 5.26 Å². The van der Waals surface area contributed by atoms with Crippen molar-refractivity contribution in [2.45, 2.75) is 20.0 Å². The molecule has 0 saturated heterocycles. The van der Waals surface area contributed by atoms with Gasteiger partial charge in [0.05, 0.1) is 5.92 Å². The van der Waals surface area contributed by atoms with E-state index in [1.165, 1.54) is 0 Å². The number of terminal acetylenes is 1. The molecule has 0 spiro atoms. The second-order valence-corrected chi connectivity index (χ2v) is 7.30. The number of nitriles is 1. The molecule has 2 atom stereocenters. The lowest BCUT2D eigenvalue weighted by Crippen LogP contribution is -2.14. The predicted octanol–water partition coefficient (Wildman–Crippen LogP) is 4.28. The van der Waals surface area contributed by atoms with E-state index in [-0.39, 0.29) is 12.0 Å². The molecule has 1 N–H and O–H groups in total. The van der Waals surface area contributed by atoms with E-state index in [9.17, 15) is 10.1 Å². The average Bonchev–Trinajstić information content (AvgIpc) is 3.30. The first-order valence-corrected chi connectivity index (χ1v) is 9.41. The van der Waals surface area contributed by atoms with Crippen molar-refractivity contribution in [3.63, 3.8) is 0 Å². The molecule has 2 aromatic carbocycles. The highest BCUT2D eigenvalue weighted by Gasteiger charge is 2.58. The molecule has 0 amide bonds. The Morgan fingerprint density at radius 2 is 1.97 bits per heavy atom. The summed E-state index contributed by atoms with van der Waals surface area (Å²) in [7, 11) is 0. The van der Waals surface area contributed by atoms with Gasteiger partial charge < -0.3 is 9.47 Å². The Balaban J connectivity index is 1.67. The van der Waals surface area contributed by atoms with Gasteiger partial charge in [0.2, 0.25) is 6.10 Å². The molecule has 6 nitrogen and oxygen atoms in total. The van der Waals surface area contributed by atoms with Gasteiger partial charge in [-0.15, -0.1) is 6.42 Å². The summed E-state index contributed by atoms with van der Waals surface area (Å²) in [5.74, 6) is 2.64. The fourth-order valence-corrected chi connectivity index (χ4v) is 3.18. The molecule has 0 bridgehead atoms. The van der Waals surface area contributed by atoms with Crippen LogP contribution in [0.2, 0.25) is 0 Å². The van der Waals surface area contributed by atoms with E-state index < -0.39 is 18.0 Å². The molecule has 6 heteroatoms. The van der Waals surface area contributed by atoms with Crippen LogP contribution in [0.1, 0.15) is 25.5 Å². The maximum absolute atomic E-state index is 12.7. The van der Waals surface area contributed by atoms with Crippen LogP contribution in [0.5, 0.6) is 11.5 Å². The molecule has 0 heterocycles. The third-order valence-electron chi connectivity index (χ3n) is 4.87. The first kappa shape index (κ1) is 21.0. The van der Waals surface area contributed by atoms with Gasteiger partial charge in [-0.2, -0.15) is 5.26 Å². The molecule has 1 unspecified atom stereocenters. The van der Waals surface area contributed by atoms with Gasteiger partial charge >= 0.3 is 5.97 Å². The molecule has 1 saturated carbocycles. The number of esters is 1. The quantitative estimate of drug-likeness (QED) is 0.307. The van der Waals surface area contributed by atoms with Gasteiger partial charge in [0.25, 0.3) is 0 Å². The Morgan fingerprint density at radius 3 is 2.67 bits per heavy atom. The molecule has 0 aromatic heterocycles. The van der Waals surface area contributed by atoms with Crippen molar-refractivity contribution in [2.24, 2.45) is 11.3 Å². The summed E-state index contributed by atoms with van der Waals surface area (Å²) in [4.78, 5) is 17.7. The van der Waals surface area contributed by atoms with Crippen LogP contribution >= 0.6 is 0 Å². The maximum Gasteiger partial charge on any atom is 0.315 e. The minimum Gasteiger partial charge on any atom is -0.457 e. The highest BCUT2D eigenvalue weighted by atomic mass is 16.6. The third-order valence-corrected chi connectivity index (χ3v) is 4.87. The van der Waals surface area contributed by atoms with Gasteiger partial charge in [-0.05, 0) is 29.8 Å². The van der Waals surface area contributed by atoms with E-state index in [0.29, 0.717) is 17.1 Å². The van der Waals surface area contributed by atoms with Crippen LogP contribution < -0.4 is 10.2 Å². The first-order valence-electron chi connectivity index (χ1n) is 9.41. The van der Waals surface area contributed by atoms with Crippen molar-refractivity contribution >= 4 is 5.97 Å². The SMILES string of the molecule is C#CCONC=C1[C@@H](C(=O)OC(C#N)c2cccc(Oc3ccccc3)c2)C1(C)C. The molecule has 30 heavy (non-hydrogen) atoms. The number of carbonyl (C=O) groups is 1. The number of rotatable bonds is 8. The van der Waals surface area contributed by atoms with Gasteiger partial charge in [-0.1, -0.05) is 50.1 Å². The van der Waals surface area contributed by atoms with Gasteiger partial charge in [0.1, 0.15) is 24.2 Å². The summed E-state index contributed by atoms with van der Waals surface area (Å²) in [5.41, 5.74) is 3.60. The molecule has 0 radical (unpaired) electrons. The van der Waals surface area contributed by atoms with Crippen molar-refractivity contribution in [1.82, 2.24) is 5.48 Å². The van der Waals surface area contributed by atoms with Crippen molar-refractivity contribution in [3.05, 3.63) is 71.9 Å². The van der Waals surface area contributed by atoms with E-state index >= 15 is 0 Å².